The molecule has 0 amide bonds. The van der Waals surface area contributed by atoms with Crippen molar-refractivity contribution in [3.05, 3.63) is 144 Å². The lowest BCUT2D eigenvalue weighted by atomic mass is 10.0. The second-order valence-corrected chi connectivity index (χ2v) is 11.5. The molecule has 242 valence electrons. The van der Waals surface area contributed by atoms with Crippen LogP contribution >= 0.6 is 0 Å². The molecule has 1 aliphatic heterocycles. The van der Waals surface area contributed by atoms with Crippen molar-refractivity contribution in [1.29, 1.82) is 0 Å². The Labute approximate surface area is 282 Å². The van der Waals surface area contributed by atoms with Crippen LogP contribution in [0.1, 0.15) is 29.7 Å². The minimum atomic E-state index is -0.829. The molecule has 10 nitrogen and oxygen atoms in total. The summed E-state index contributed by atoms with van der Waals surface area (Å²) < 4.78 is 7.58. The summed E-state index contributed by atoms with van der Waals surface area (Å²) in [6.07, 6.45) is 4.39. The number of carbonyl (C=O) groups is 1. The van der Waals surface area contributed by atoms with Gasteiger partial charge in [-0.15, -0.1) is 5.10 Å². The Morgan fingerprint density at radius 3 is 2.24 bits per heavy atom. The molecule has 0 fully saturated rings. The number of nitrogens with zero attached hydrogens (tertiary/aromatic N) is 5. The van der Waals surface area contributed by atoms with Crippen LogP contribution in [0.2, 0.25) is 0 Å². The summed E-state index contributed by atoms with van der Waals surface area (Å²) >= 11 is 0. The summed E-state index contributed by atoms with van der Waals surface area (Å²) in [5, 5.41) is 26.8. The number of carboxylic acids is 1. The number of H-pyrrole nitrogens is 1. The molecule has 1 aliphatic rings. The molecule has 3 heterocycles. The lowest BCUT2D eigenvalue weighted by molar-refractivity contribution is -0.137. The van der Waals surface area contributed by atoms with E-state index in [0.29, 0.717) is 36.1 Å². The average molecular weight is 649 g/mol. The first-order chi connectivity index (χ1) is 24.0. The Morgan fingerprint density at radius 2 is 1.53 bits per heavy atom. The molecule has 0 spiro atoms. The van der Waals surface area contributed by atoms with Gasteiger partial charge in [-0.3, -0.25) is 9.48 Å². The van der Waals surface area contributed by atoms with E-state index in [2.05, 4.69) is 39.6 Å². The fraction of sp³-hybridized carbons (Fsp3) is 0.103. The van der Waals surface area contributed by atoms with E-state index in [4.69, 9.17) is 19.8 Å². The van der Waals surface area contributed by atoms with Crippen molar-refractivity contribution in [1.82, 2.24) is 20.0 Å². The van der Waals surface area contributed by atoms with E-state index in [0.717, 1.165) is 44.8 Å². The van der Waals surface area contributed by atoms with Gasteiger partial charge in [0.05, 0.1) is 11.9 Å². The van der Waals surface area contributed by atoms with Crippen molar-refractivity contribution in [3.8, 4) is 33.9 Å². The van der Waals surface area contributed by atoms with Gasteiger partial charge in [-0.05, 0) is 83.8 Å². The number of aromatic nitrogens is 4. The van der Waals surface area contributed by atoms with Crippen molar-refractivity contribution in [2.24, 2.45) is 9.98 Å². The van der Waals surface area contributed by atoms with Crippen molar-refractivity contribution >= 4 is 28.9 Å². The van der Waals surface area contributed by atoms with Crippen molar-refractivity contribution in [3.63, 3.8) is 0 Å². The molecule has 3 N–H and O–H groups in total. The third kappa shape index (κ3) is 7.39. The third-order valence-corrected chi connectivity index (χ3v) is 8.01. The van der Waals surface area contributed by atoms with Gasteiger partial charge in [0.15, 0.2) is 5.84 Å². The number of aliphatic imine (C=N–C) groups is 2. The van der Waals surface area contributed by atoms with E-state index in [1.807, 2.05) is 84.9 Å². The highest BCUT2D eigenvalue weighted by Crippen LogP contribution is 2.37. The van der Waals surface area contributed by atoms with Crippen LogP contribution < -0.4 is 4.74 Å². The molecule has 49 heavy (non-hydrogen) atoms. The fourth-order valence-corrected chi connectivity index (χ4v) is 5.53. The zero-order chi connectivity index (χ0) is 33.6. The van der Waals surface area contributed by atoms with Crippen molar-refractivity contribution in [2.75, 3.05) is 0 Å². The van der Waals surface area contributed by atoms with Crippen LogP contribution in [0.4, 0.5) is 5.82 Å². The predicted octanol–water partition coefficient (Wildman–Crippen LogP) is 7.71. The van der Waals surface area contributed by atoms with Crippen LogP contribution in [0.15, 0.2) is 138 Å². The molecule has 0 unspecified atom stereocenters. The summed E-state index contributed by atoms with van der Waals surface area (Å²) in [4.78, 5) is 24.4. The van der Waals surface area contributed by atoms with E-state index in [-0.39, 0.29) is 18.8 Å². The van der Waals surface area contributed by atoms with Gasteiger partial charge in [-0.1, -0.05) is 65.9 Å². The van der Waals surface area contributed by atoms with Crippen LogP contribution in [0.25, 0.3) is 28.0 Å². The molecule has 0 saturated carbocycles. The molecule has 0 atom stereocenters. The number of aromatic amines is 1. The van der Waals surface area contributed by atoms with Gasteiger partial charge in [0.1, 0.15) is 29.6 Å². The molecule has 4 aromatic carbocycles. The zero-order valence-corrected chi connectivity index (χ0v) is 26.4. The number of phenolic OH excluding ortho intramolecular Hbond substituents is 1. The second-order valence-electron chi connectivity index (χ2n) is 11.5. The number of nitrogens with one attached hydrogen (secondary N) is 1. The number of aliphatic carboxylic acids is 1. The number of allylic oxidation sites excluding steroid dienone is 1. The number of rotatable bonds is 12. The van der Waals surface area contributed by atoms with Crippen LogP contribution in [0, 0.1) is 0 Å². The second kappa shape index (κ2) is 14.1. The number of ether oxygens (including phenoxy) is 1. The molecule has 7 rings (SSSR count). The summed E-state index contributed by atoms with van der Waals surface area (Å²) in [7, 11) is 0. The Hall–Kier alpha value is -6.55. The van der Waals surface area contributed by atoms with Crippen LogP contribution in [-0.2, 0) is 17.9 Å². The van der Waals surface area contributed by atoms with E-state index < -0.39 is 5.97 Å². The van der Waals surface area contributed by atoms with Gasteiger partial charge in [-0.2, -0.15) is 0 Å². The maximum Gasteiger partial charge on any atom is 0.303 e. The van der Waals surface area contributed by atoms with E-state index in [1.165, 1.54) is 0 Å². The highest BCUT2D eigenvalue weighted by atomic mass is 16.5. The van der Waals surface area contributed by atoms with Gasteiger partial charge < -0.3 is 19.9 Å². The number of amidine groups is 1. The summed E-state index contributed by atoms with van der Waals surface area (Å²) in [6.45, 7) is 0.719. The van der Waals surface area contributed by atoms with Gasteiger partial charge in [-0.25, -0.2) is 9.98 Å². The molecule has 0 radical (unpaired) electrons. The zero-order valence-electron chi connectivity index (χ0n) is 26.4. The number of carboxylic acid groups (broad SMARTS) is 1. The van der Waals surface area contributed by atoms with Gasteiger partial charge >= 0.3 is 5.97 Å². The minimum absolute atomic E-state index is 0.0847. The molecule has 6 aromatic rings. The number of phenols is 1. The summed E-state index contributed by atoms with van der Waals surface area (Å²) in [5.41, 5.74) is 8.02. The highest BCUT2D eigenvalue weighted by Gasteiger charge is 2.21. The van der Waals surface area contributed by atoms with Crippen molar-refractivity contribution < 1.29 is 19.7 Å². The monoisotopic (exact) mass is 648 g/mol. The summed E-state index contributed by atoms with van der Waals surface area (Å²) in [5.74, 6) is 1.32. The molecular weight excluding hydrogens is 616 g/mol. The highest BCUT2D eigenvalue weighted by molar-refractivity contribution is 6.38. The number of hydrogen-bond acceptors (Lipinski definition) is 6. The predicted molar refractivity (Wildman–Crippen MR) is 189 cm³/mol. The van der Waals surface area contributed by atoms with E-state index in [1.54, 1.807) is 23.0 Å². The number of benzene rings is 4. The number of hydrogen-bond donors (Lipinski definition) is 3. The normalized spacial score (nSPS) is 13.3. The molecule has 0 saturated heterocycles. The Kier molecular flexibility index (Phi) is 8.92. The largest absolute Gasteiger partial charge is 0.508 e. The molecule has 0 aliphatic carbocycles. The summed E-state index contributed by atoms with van der Waals surface area (Å²) in [6, 6.07) is 37.0. The molecular formula is C39H32N6O4. The van der Waals surface area contributed by atoms with Crippen LogP contribution in [0.3, 0.4) is 0 Å². The number of aryl methyl sites for hydroxylation is 1. The minimum Gasteiger partial charge on any atom is -0.508 e. The van der Waals surface area contributed by atoms with Crippen molar-refractivity contribution in [2.45, 2.75) is 26.0 Å². The van der Waals surface area contributed by atoms with Crippen LogP contribution in [0.5, 0.6) is 11.5 Å². The molecule has 0 bridgehead atoms. The average Bonchev–Trinajstić information content (AvgIpc) is 3.88. The molecule has 10 heteroatoms. The standard InChI is InChI=1S/C39H32N6O4/c46-31-17-13-28(14-18-31)35-22-33(26-8-3-1-4-9-26)38(40-35)42-39-34(27-10-5-2-6-11-27)23-36(41-39)29-15-19-32(20-16-29)49-25-30-24-45(44-43-30)21-7-12-37(47)48/h1-6,8-11,13-20,22-24,40,46H,7,12,21,25H2,(H,47,48)/b42-39-. The topological polar surface area (TPSA) is 138 Å². The van der Waals surface area contributed by atoms with Gasteiger partial charge in [0, 0.05) is 35.4 Å². The SMILES string of the molecule is O=C(O)CCCn1cc(COc2ccc(C3=N/C(=N\c4[nH]c(-c5ccc(O)cc5)cc4-c4ccccc4)C(c4ccccc4)=C3)cc2)nn1. The quantitative estimate of drug-likeness (QED) is 0.124. The lowest BCUT2D eigenvalue weighted by Crippen LogP contribution is -2.02. The van der Waals surface area contributed by atoms with Crippen LogP contribution in [-0.4, -0.2) is 47.7 Å². The Balaban J connectivity index is 1.16. The smallest absolute Gasteiger partial charge is 0.303 e. The van der Waals surface area contributed by atoms with E-state index >= 15 is 0 Å². The Bertz CT molecular complexity index is 2160. The lowest BCUT2D eigenvalue weighted by Gasteiger charge is -2.05. The maximum atomic E-state index is 10.8. The maximum absolute atomic E-state index is 10.8. The third-order valence-electron chi connectivity index (χ3n) is 8.01. The first-order valence-corrected chi connectivity index (χ1v) is 15.9. The van der Waals surface area contributed by atoms with E-state index in [9.17, 15) is 9.90 Å². The molecule has 2 aromatic heterocycles. The Morgan fingerprint density at radius 1 is 0.837 bits per heavy atom. The van der Waals surface area contributed by atoms with Gasteiger partial charge in [0.25, 0.3) is 0 Å². The van der Waals surface area contributed by atoms with Gasteiger partial charge in [0.2, 0.25) is 0 Å². The fourth-order valence-electron chi connectivity index (χ4n) is 5.53. The first kappa shape index (κ1) is 31.1. The number of aromatic hydroxyl groups is 1. The first-order valence-electron chi connectivity index (χ1n) is 15.9.